The number of hydrogen-bond donors (Lipinski definition) is 2. The number of halogens is 1. The number of carbonyl (C=O) groups excluding carboxylic acids is 1. The lowest BCUT2D eigenvalue weighted by molar-refractivity contribution is -0.172. The first-order valence-electron chi connectivity index (χ1n) is 10.0. The highest BCUT2D eigenvalue weighted by Gasteiger charge is 2.45. The van der Waals surface area contributed by atoms with Crippen LogP contribution in [-0.2, 0) is 28.3 Å². The van der Waals surface area contributed by atoms with Gasteiger partial charge in [0.2, 0.25) is 0 Å². The van der Waals surface area contributed by atoms with Crippen molar-refractivity contribution in [3.8, 4) is 11.4 Å². The molecule has 7 nitrogen and oxygen atoms in total. The number of esters is 1. The number of aromatic nitrogens is 2. The number of ether oxygens (including phenoxy) is 1. The first kappa shape index (κ1) is 19.0. The number of thioether (sulfide) groups is 1. The normalized spacial score (nSPS) is 23.4. The summed E-state index contributed by atoms with van der Waals surface area (Å²) < 4.78 is 20.9. The van der Waals surface area contributed by atoms with Crippen LogP contribution >= 0.6 is 11.8 Å². The van der Waals surface area contributed by atoms with Crippen molar-refractivity contribution in [1.29, 1.82) is 0 Å². The molecule has 9 heteroatoms. The van der Waals surface area contributed by atoms with Crippen molar-refractivity contribution < 1.29 is 19.0 Å². The van der Waals surface area contributed by atoms with E-state index in [0.29, 0.717) is 22.7 Å². The zero-order chi connectivity index (χ0) is 21.7. The summed E-state index contributed by atoms with van der Waals surface area (Å²) in [5, 5.41) is 11.8. The Bertz CT molecular complexity index is 1400. The van der Waals surface area contributed by atoms with Gasteiger partial charge in [-0.3, -0.25) is 4.79 Å². The Morgan fingerprint density at radius 2 is 2.16 bits per heavy atom. The summed E-state index contributed by atoms with van der Waals surface area (Å²) >= 11 is 1.50. The third kappa shape index (κ3) is 2.34. The number of carbonyl (C=O) groups is 1. The van der Waals surface area contributed by atoms with Crippen molar-refractivity contribution >= 4 is 28.6 Å². The van der Waals surface area contributed by atoms with Crippen molar-refractivity contribution in [2.75, 3.05) is 5.75 Å². The van der Waals surface area contributed by atoms with Gasteiger partial charge in [0.1, 0.15) is 12.4 Å². The molecule has 0 saturated heterocycles. The topological polar surface area (TPSA) is 107 Å². The van der Waals surface area contributed by atoms with E-state index in [1.807, 2.05) is 0 Å². The molecule has 6 rings (SSSR count). The molecule has 1 unspecified atom stereocenters. The van der Waals surface area contributed by atoms with Gasteiger partial charge in [0.05, 0.1) is 29.0 Å². The van der Waals surface area contributed by atoms with Crippen LogP contribution in [0, 0.1) is 5.82 Å². The van der Waals surface area contributed by atoms with Gasteiger partial charge in [-0.1, -0.05) is 6.92 Å². The molecule has 2 aromatic heterocycles. The second-order valence-electron chi connectivity index (χ2n) is 8.17. The number of nitrogens with zero attached hydrogens (tertiary/aromatic N) is 2. The van der Waals surface area contributed by atoms with E-state index < -0.39 is 11.6 Å². The molecule has 2 atom stereocenters. The van der Waals surface area contributed by atoms with Gasteiger partial charge >= 0.3 is 5.97 Å². The average Bonchev–Trinajstić information content (AvgIpc) is 3.11. The Hall–Kier alpha value is -2.75. The summed E-state index contributed by atoms with van der Waals surface area (Å²) in [6, 6.07) is 4.24. The minimum atomic E-state index is -1.89. The number of fused-ring (bicyclic) bond motifs is 5. The van der Waals surface area contributed by atoms with Crippen molar-refractivity contribution in [3.63, 3.8) is 0 Å². The van der Waals surface area contributed by atoms with Crippen molar-refractivity contribution in [2.45, 2.75) is 43.0 Å². The zero-order valence-electron chi connectivity index (χ0n) is 16.6. The predicted octanol–water partition coefficient (Wildman–Crippen LogP) is 2.32. The van der Waals surface area contributed by atoms with Crippen LogP contribution in [0.3, 0.4) is 0 Å². The third-order valence-electron chi connectivity index (χ3n) is 6.55. The van der Waals surface area contributed by atoms with Gasteiger partial charge in [0.15, 0.2) is 5.60 Å². The molecule has 3 aliphatic heterocycles. The molecule has 3 aliphatic rings. The van der Waals surface area contributed by atoms with Crippen molar-refractivity contribution in [2.24, 2.45) is 5.73 Å². The lowest BCUT2D eigenvalue weighted by Gasteiger charge is -2.31. The van der Waals surface area contributed by atoms with Crippen LogP contribution in [0.2, 0.25) is 0 Å². The molecule has 0 amide bonds. The van der Waals surface area contributed by atoms with E-state index in [4.69, 9.17) is 15.5 Å². The lowest BCUT2D eigenvalue weighted by atomic mass is 9.86. The van der Waals surface area contributed by atoms with E-state index in [1.165, 1.54) is 23.9 Å². The van der Waals surface area contributed by atoms with Crippen LogP contribution in [0.1, 0.15) is 41.6 Å². The number of hydrogen-bond acceptors (Lipinski definition) is 7. The van der Waals surface area contributed by atoms with Gasteiger partial charge in [-0.25, -0.2) is 14.2 Å². The maximum absolute atomic E-state index is 14.2. The number of rotatable bonds is 1. The first-order chi connectivity index (χ1) is 14.8. The summed E-state index contributed by atoms with van der Waals surface area (Å²) in [4.78, 5) is 31.1. The van der Waals surface area contributed by atoms with Crippen LogP contribution in [0.4, 0.5) is 4.39 Å². The number of benzene rings is 1. The standard InChI is InChI=1S/C22H18FN3O4S/c1-2-22(29)12-5-15-19-10(6-26(15)20(27)11(12)7-30-21(22)28)17-13(24)8-31-16-4-9(23)3-14(25-19)18(16)17/h3-5,13,29H,2,6-8,24H2,1H3/t13?,22-/m0/s1. The number of nitrogens with two attached hydrogens (primary N) is 1. The fraction of sp³-hybridized carbons (Fsp3) is 0.318. The average molecular weight is 439 g/mol. The fourth-order valence-corrected chi connectivity index (χ4v) is 6.04. The smallest absolute Gasteiger partial charge is 0.343 e. The summed E-state index contributed by atoms with van der Waals surface area (Å²) in [6.45, 7) is 1.76. The van der Waals surface area contributed by atoms with E-state index in [0.717, 1.165) is 21.4 Å². The van der Waals surface area contributed by atoms with E-state index in [9.17, 15) is 19.1 Å². The fourth-order valence-electron chi connectivity index (χ4n) is 4.96. The second kappa shape index (κ2) is 6.15. The molecule has 5 heterocycles. The maximum Gasteiger partial charge on any atom is 0.343 e. The molecule has 3 N–H and O–H groups in total. The summed E-state index contributed by atoms with van der Waals surface area (Å²) in [5.74, 6) is -0.549. The lowest BCUT2D eigenvalue weighted by Crippen LogP contribution is -2.44. The second-order valence-corrected chi connectivity index (χ2v) is 9.23. The summed E-state index contributed by atoms with van der Waals surface area (Å²) in [7, 11) is 0. The molecular formula is C22H18FN3O4S. The minimum absolute atomic E-state index is 0.0711. The Balaban J connectivity index is 1.69. The Morgan fingerprint density at radius 3 is 2.94 bits per heavy atom. The largest absolute Gasteiger partial charge is 0.458 e. The molecule has 0 bridgehead atoms. The van der Waals surface area contributed by atoms with Crippen LogP contribution in [0.15, 0.2) is 27.9 Å². The third-order valence-corrected chi connectivity index (χ3v) is 7.71. The first-order valence-corrected chi connectivity index (χ1v) is 11.0. The van der Waals surface area contributed by atoms with E-state index >= 15 is 0 Å². The molecular weight excluding hydrogens is 421 g/mol. The predicted molar refractivity (Wildman–Crippen MR) is 112 cm³/mol. The highest BCUT2D eigenvalue weighted by atomic mass is 32.2. The summed E-state index contributed by atoms with van der Waals surface area (Å²) in [6.07, 6.45) is 0.0711. The van der Waals surface area contributed by atoms with Crippen LogP contribution in [-0.4, -0.2) is 26.4 Å². The highest BCUT2D eigenvalue weighted by molar-refractivity contribution is 7.99. The zero-order valence-corrected chi connectivity index (χ0v) is 17.4. The van der Waals surface area contributed by atoms with E-state index in [2.05, 4.69) is 0 Å². The highest BCUT2D eigenvalue weighted by Crippen LogP contribution is 2.46. The molecule has 0 saturated carbocycles. The van der Waals surface area contributed by atoms with Gasteiger partial charge in [-0.15, -0.1) is 11.8 Å². The van der Waals surface area contributed by atoms with E-state index in [1.54, 1.807) is 17.6 Å². The van der Waals surface area contributed by atoms with Gasteiger partial charge in [-0.05, 0) is 24.1 Å². The van der Waals surface area contributed by atoms with Crippen LogP contribution in [0.25, 0.3) is 22.3 Å². The van der Waals surface area contributed by atoms with Crippen LogP contribution < -0.4 is 11.3 Å². The maximum atomic E-state index is 14.2. The molecule has 1 aromatic carbocycles. The Kier molecular flexibility index (Phi) is 3.77. The van der Waals surface area contributed by atoms with Gasteiger partial charge in [0, 0.05) is 39.3 Å². The quantitative estimate of drug-likeness (QED) is 0.438. The van der Waals surface area contributed by atoms with Gasteiger partial charge < -0.3 is 20.1 Å². The van der Waals surface area contributed by atoms with Crippen LogP contribution in [0.5, 0.6) is 0 Å². The molecule has 0 aliphatic carbocycles. The summed E-state index contributed by atoms with van der Waals surface area (Å²) in [5.41, 5.74) is 8.00. The molecule has 0 fully saturated rings. The Morgan fingerprint density at radius 1 is 1.35 bits per heavy atom. The number of pyridine rings is 2. The Labute approximate surface area is 180 Å². The van der Waals surface area contributed by atoms with Gasteiger partial charge in [0.25, 0.3) is 5.56 Å². The molecule has 3 aromatic rings. The van der Waals surface area contributed by atoms with Crippen molar-refractivity contribution in [1.82, 2.24) is 9.55 Å². The molecule has 31 heavy (non-hydrogen) atoms. The SMILES string of the molecule is CC[C@@]1(O)C(=O)OCc2c1cc1n(c2=O)Cc2c-1nc1cc(F)cc3c1c2C(N)CS3. The minimum Gasteiger partial charge on any atom is -0.458 e. The molecule has 0 radical (unpaired) electrons. The molecule has 0 spiro atoms. The molecule has 158 valence electrons. The van der Waals surface area contributed by atoms with Gasteiger partial charge in [-0.2, -0.15) is 0 Å². The number of cyclic esters (lactones) is 1. The number of aliphatic hydroxyl groups is 1. The monoisotopic (exact) mass is 439 g/mol. The van der Waals surface area contributed by atoms with Crippen molar-refractivity contribution in [3.05, 3.63) is 56.6 Å². The van der Waals surface area contributed by atoms with E-state index in [-0.39, 0.29) is 48.1 Å².